The molecule has 21 heavy (non-hydrogen) atoms. The molecule has 1 atom stereocenters. The van der Waals surface area contributed by atoms with Crippen LogP contribution in [0.3, 0.4) is 0 Å². The second-order valence-electron chi connectivity index (χ2n) is 5.16. The molecule has 1 heterocycles. The second-order valence-corrected chi connectivity index (χ2v) is 6.50. The van der Waals surface area contributed by atoms with Crippen molar-refractivity contribution >= 4 is 23.4 Å². The maximum Gasteiger partial charge on any atom is 0.310 e. The molecule has 2 N–H and O–H groups in total. The van der Waals surface area contributed by atoms with E-state index in [-0.39, 0.29) is 12.4 Å². The van der Waals surface area contributed by atoms with Gasteiger partial charge in [-0.05, 0) is 35.7 Å². The smallest absolute Gasteiger partial charge is 0.310 e. The summed E-state index contributed by atoms with van der Waals surface area (Å²) in [7, 11) is 0. The molecule has 1 unspecified atom stereocenters. The van der Waals surface area contributed by atoms with Crippen molar-refractivity contribution in [2.24, 2.45) is 0 Å². The Labute approximate surface area is 128 Å². The van der Waals surface area contributed by atoms with E-state index in [4.69, 9.17) is 10.5 Å². The number of carbonyl (C=O) groups excluding carboxylic acids is 1. The largest absolute Gasteiger partial charge is 0.464 e. The summed E-state index contributed by atoms with van der Waals surface area (Å²) in [5, 5.41) is 0.326. The average molecular weight is 299 g/mol. The molecule has 3 nitrogen and oxygen atoms in total. The van der Waals surface area contributed by atoms with Gasteiger partial charge < -0.3 is 10.5 Å². The molecule has 0 radical (unpaired) electrons. The van der Waals surface area contributed by atoms with Crippen molar-refractivity contribution in [2.75, 3.05) is 12.3 Å². The molecule has 4 heteroatoms. The maximum atomic E-state index is 11.9. The topological polar surface area (TPSA) is 52.3 Å². The molecule has 1 aliphatic rings. The number of rotatable bonds is 4. The molecule has 0 saturated carbocycles. The fourth-order valence-electron chi connectivity index (χ4n) is 2.45. The number of nitrogens with two attached hydrogens (primary N) is 1. The van der Waals surface area contributed by atoms with Gasteiger partial charge in [-0.3, -0.25) is 4.79 Å². The van der Waals surface area contributed by atoms with Crippen molar-refractivity contribution in [3.05, 3.63) is 59.7 Å². The minimum atomic E-state index is -0.197. The van der Waals surface area contributed by atoms with E-state index in [1.165, 1.54) is 10.5 Å². The summed E-state index contributed by atoms with van der Waals surface area (Å²) in [5.74, 6) is -0.197. The average Bonchev–Trinajstić information content (AvgIpc) is 2.88. The van der Waals surface area contributed by atoms with Crippen LogP contribution in [0.4, 0.5) is 5.69 Å². The number of esters is 1. The standard InChI is InChI=1S/C17H17NO2S/c18-14-6-3-4-12(8-14)9-17(19)20-11-15-10-13-5-1-2-7-16(13)21-15/h1-8,15H,9-11,18H2. The van der Waals surface area contributed by atoms with Gasteiger partial charge >= 0.3 is 5.97 Å². The van der Waals surface area contributed by atoms with E-state index in [9.17, 15) is 4.79 Å². The van der Waals surface area contributed by atoms with Gasteiger partial charge in [-0.1, -0.05) is 30.3 Å². The zero-order chi connectivity index (χ0) is 14.7. The molecule has 0 saturated heterocycles. The number of anilines is 1. The van der Waals surface area contributed by atoms with Crippen LogP contribution >= 0.6 is 11.8 Å². The quantitative estimate of drug-likeness (QED) is 0.696. The Balaban J connectivity index is 1.49. The summed E-state index contributed by atoms with van der Waals surface area (Å²) in [6, 6.07) is 15.7. The van der Waals surface area contributed by atoms with Crippen molar-refractivity contribution in [1.29, 1.82) is 0 Å². The van der Waals surface area contributed by atoms with E-state index < -0.39 is 0 Å². The Morgan fingerprint density at radius 2 is 2.10 bits per heavy atom. The predicted octanol–water partition coefficient (Wildman–Crippen LogP) is 3.07. The molecule has 2 aromatic rings. The molecule has 0 aliphatic carbocycles. The fourth-order valence-corrected chi connectivity index (χ4v) is 3.67. The van der Waals surface area contributed by atoms with E-state index in [1.54, 1.807) is 23.9 Å². The van der Waals surface area contributed by atoms with Gasteiger partial charge in [0.05, 0.1) is 6.42 Å². The monoisotopic (exact) mass is 299 g/mol. The third-order valence-corrected chi connectivity index (χ3v) is 4.73. The van der Waals surface area contributed by atoms with E-state index in [2.05, 4.69) is 12.1 Å². The van der Waals surface area contributed by atoms with Crippen LogP contribution < -0.4 is 5.73 Å². The molecule has 0 spiro atoms. The first-order valence-corrected chi connectivity index (χ1v) is 7.83. The highest BCUT2D eigenvalue weighted by Crippen LogP contribution is 2.36. The number of hydrogen-bond donors (Lipinski definition) is 1. The van der Waals surface area contributed by atoms with Gasteiger partial charge in [0, 0.05) is 15.8 Å². The number of ether oxygens (including phenoxy) is 1. The summed E-state index contributed by atoms with van der Waals surface area (Å²) < 4.78 is 5.40. The van der Waals surface area contributed by atoms with Crippen molar-refractivity contribution in [3.63, 3.8) is 0 Å². The van der Waals surface area contributed by atoms with Gasteiger partial charge in [0.25, 0.3) is 0 Å². The van der Waals surface area contributed by atoms with Crippen LogP contribution in [0.25, 0.3) is 0 Å². The third kappa shape index (κ3) is 3.58. The summed E-state index contributed by atoms with van der Waals surface area (Å²) in [6.45, 7) is 0.459. The van der Waals surface area contributed by atoms with Gasteiger partial charge in [-0.2, -0.15) is 0 Å². The van der Waals surface area contributed by atoms with Crippen LogP contribution in [-0.2, 0) is 22.4 Å². The lowest BCUT2D eigenvalue weighted by molar-refractivity contribution is -0.142. The molecular weight excluding hydrogens is 282 g/mol. The zero-order valence-corrected chi connectivity index (χ0v) is 12.4. The highest BCUT2D eigenvalue weighted by Gasteiger charge is 2.23. The van der Waals surface area contributed by atoms with Crippen molar-refractivity contribution in [3.8, 4) is 0 Å². The van der Waals surface area contributed by atoms with Crippen LogP contribution in [0.2, 0.25) is 0 Å². The lowest BCUT2D eigenvalue weighted by Crippen LogP contribution is -2.17. The molecule has 3 rings (SSSR count). The van der Waals surface area contributed by atoms with Gasteiger partial charge in [-0.15, -0.1) is 11.8 Å². The van der Waals surface area contributed by atoms with Crippen molar-refractivity contribution < 1.29 is 9.53 Å². The Morgan fingerprint density at radius 1 is 1.24 bits per heavy atom. The SMILES string of the molecule is Nc1cccc(CC(=O)OCC2Cc3ccccc3S2)c1. The normalized spacial score (nSPS) is 16.5. The molecule has 0 bridgehead atoms. The van der Waals surface area contributed by atoms with E-state index >= 15 is 0 Å². The fraction of sp³-hybridized carbons (Fsp3) is 0.235. The predicted molar refractivity (Wildman–Crippen MR) is 85.3 cm³/mol. The van der Waals surface area contributed by atoms with Crippen molar-refractivity contribution in [1.82, 2.24) is 0 Å². The van der Waals surface area contributed by atoms with E-state index in [0.29, 0.717) is 17.5 Å². The molecule has 2 aromatic carbocycles. The Bertz CT molecular complexity index is 632. The molecule has 0 fully saturated rings. The summed E-state index contributed by atoms with van der Waals surface area (Å²) in [4.78, 5) is 13.2. The first-order chi connectivity index (χ1) is 10.2. The number of benzene rings is 2. The molecule has 1 aliphatic heterocycles. The van der Waals surface area contributed by atoms with Crippen LogP contribution in [0.15, 0.2) is 53.4 Å². The van der Waals surface area contributed by atoms with Crippen LogP contribution in [-0.4, -0.2) is 17.8 Å². The van der Waals surface area contributed by atoms with Gasteiger partial charge in [0.2, 0.25) is 0 Å². The van der Waals surface area contributed by atoms with E-state index in [1.807, 2.05) is 24.3 Å². The lowest BCUT2D eigenvalue weighted by atomic mass is 10.1. The molecule has 0 amide bonds. The van der Waals surface area contributed by atoms with Gasteiger partial charge in [0.1, 0.15) is 6.61 Å². The lowest BCUT2D eigenvalue weighted by Gasteiger charge is -2.10. The molecular formula is C17H17NO2S. The number of fused-ring (bicyclic) bond motifs is 1. The Hall–Kier alpha value is -1.94. The van der Waals surface area contributed by atoms with E-state index in [0.717, 1.165) is 12.0 Å². The number of nitrogen functional groups attached to an aromatic ring is 1. The Morgan fingerprint density at radius 3 is 2.90 bits per heavy atom. The summed E-state index contributed by atoms with van der Waals surface area (Å²) >= 11 is 1.79. The second kappa shape index (κ2) is 6.22. The minimum absolute atomic E-state index is 0.197. The molecule has 108 valence electrons. The first kappa shape index (κ1) is 14.0. The highest BCUT2D eigenvalue weighted by molar-refractivity contribution is 8.00. The summed E-state index contributed by atoms with van der Waals surface area (Å²) in [5.41, 5.74) is 8.61. The Kier molecular flexibility index (Phi) is 4.15. The number of thioether (sulfide) groups is 1. The third-order valence-electron chi connectivity index (χ3n) is 3.44. The number of hydrogen-bond acceptors (Lipinski definition) is 4. The van der Waals surface area contributed by atoms with Crippen molar-refractivity contribution in [2.45, 2.75) is 23.0 Å². The molecule has 0 aromatic heterocycles. The van der Waals surface area contributed by atoms with Crippen LogP contribution in [0.5, 0.6) is 0 Å². The minimum Gasteiger partial charge on any atom is -0.464 e. The first-order valence-electron chi connectivity index (χ1n) is 6.95. The highest BCUT2D eigenvalue weighted by atomic mass is 32.2. The van der Waals surface area contributed by atoms with Crippen LogP contribution in [0.1, 0.15) is 11.1 Å². The maximum absolute atomic E-state index is 11.9. The summed E-state index contributed by atoms with van der Waals surface area (Å²) in [6.07, 6.45) is 1.24. The van der Waals surface area contributed by atoms with Gasteiger partial charge in [-0.25, -0.2) is 0 Å². The zero-order valence-electron chi connectivity index (χ0n) is 11.6. The van der Waals surface area contributed by atoms with Crippen LogP contribution in [0, 0.1) is 0 Å². The number of carbonyl (C=O) groups is 1. The van der Waals surface area contributed by atoms with Gasteiger partial charge in [0.15, 0.2) is 0 Å².